The Labute approximate surface area is 142 Å². The summed E-state index contributed by atoms with van der Waals surface area (Å²) in [5.41, 5.74) is 1.02. The summed E-state index contributed by atoms with van der Waals surface area (Å²) >= 11 is 0.826. The molecule has 1 saturated heterocycles. The predicted molar refractivity (Wildman–Crippen MR) is 91.2 cm³/mol. The number of rotatable bonds is 3. The van der Waals surface area contributed by atoms with Crippen molar-refractivity contribution in [1.29, 1.82) is 0 Å². The number of phenols is 2. The summed E-state index contributed by atoms with van der Waals surface area (Å²) in [7, 11) is 1.43. The van der Waals surface area contributed by atoms with Crippen LogP contribution in [0.3, 0.4) is 0 Å². The number of methoxy groups -OCH3 is 1. The minimum atomic E-state index is -0.442. The van der Waals surface area contributed by atoms with Gasteiger partial charge in [0, 0.05) is 0 Å². The number of carbonyl (C=O) groups excluding carboxylic acids is 2. The van der Waals surface area contributed by atoms with E-state index >= 15 is 0 Å². The zero-order valence-electron chi connectivity index (χ0n) is 12.6. The quantitative estimate of drug-likeness (QED) is 0.831. The molecule has 3 rings (SSSR count). The molecule has 2 aromatic carbocycles. The number of phenolic OH excluding ortho intramolecular Hbond substituents is 2. The first kappa shape index (κ1) is 15.9. The minimum absolute atomic E-state index is 0.00755. The summed E-state index contributed by atoms with van der Waals surface area (Å²) in [5, 5.41) is 18.5. The average molecular weight is 343 g/mol. The molecule has 2 aromatic rings. The lowest BCUT2D eigenvalue weighted by molar-refractivity contribution is -0.113. The monoisotopic (exact) mass is 343 g/mol. The largest absolute Gasteiger partial charge is 0.508 e. The van der Waals surface area contributed by atoms with E-state index in [0.717, 1.165) is 16.7 Å². The Bertz CT molecular complexity index is 845. The van der Waals surface area contributed by atoms with Crippen molar-refractivity contribution in [2.75, 3.05) is 12.0 Å². The topological polar surface area (TPSA) is 87.1 Å². The van der Waals surface area contributed by atoms with Gasteiger partial charge in [0.25, 0.3) is 11.1 Å². The van der Waals surface area contributed by atoms with Crippen LogP contribution in [0.1, 0.15) is 5.56 Å². The van der Waals surface area contributed by atoms with E-state index in [9.17, 15) is 19.8 Å². The highest BCUT2D eigenvalue weighted by atomic mass is 32.2. The molecule has 0 radical (unpaired) electrons. The van der Waals surface area contributed by atoms with Gasteiger partial charge in [0.2, 0.25) is 0 Å². The second-order valence-electron chi connectivity index (χ2n) is 4.96. The van der Waals surface area contributed by atoms with Crippen LogP contribution in [0.4, 0.5) is 10.5 Å². The molecule has 1 aliphatic heterocycles. The number of nitrogens with zero attached hydrogens (tertiary/aromatic N) is 1. The van der Waals surface area contributed by atoms with E-state index in [4.69, 9.17) is 4.74 Å². The molecule has 0 saturated carbocycles. The van der Waals surface area contributed by atoms with Gasteiger partial charge in [0.05, 0.1) is 17.7 Å². The van der Waals surface area contributed by atoms with E-state index in [1.54, 1.807) is 18.2 Å². The van der Waals surface area contributed by atoms with Gasteiger partial charge in [0.15, 0.2) is 11.5 Å². The first-order valence-electron chi connectivity index (χ1n) is 6.93. The SMILES string of the molecule is COc1cc(/C=C2\SC(=O)N(c3ccc(O)cc3)C2=O)ccc1O. The number of ether oxygens (including phenoxy) is 1. The normalized spacial score (nSPS) is 16.0. The number of hydrogen-bond donors (Lipinski definition) is 2. The average Bonchev–Trinajstić information content (AvgIpc) is 2.84. The second-order valence-corrected chi connectivity index (χ2v) is 5.96. The third kappa shape index (κ3) is 2.93. The van der Waals surface area contributed by atoms with Gasteiger partial charge in [-0.2, -0.15) is 0 Å². The maximum absolute atomic E-state index is 12.5. The number of hydrogen-bond acceptors (Lipinski definition) is 6. The lowest BCUT2D eigenvalue weighted by Gasteiger charge is -2.12. The molecule has 0 bridgehead atoms. The van der Waals surface area contributed by atoms with Crippen LogP contribution < -0.4 is 9.64 Å². The molecule has 2 N–H and O–H groups in total. The van der Waals surface area contributed by atoms with Crippen molar-refractivity contribution in [3.63, 3.8) is 0 Å². The molecule has 0 spiro atoms. The van der Waals surface area contributed by atoms with Gasteiger partial charge >= 0.3 is 0 Å². The third-order valence-electron chi connectivity index (χ3n) is 3.40. The Morgan fingerprint density at radius 2 is 1.79 bits per heavy atom. The molecule has 1 fully saturated rings. The van der Waals surface area contributed by atoms with Gasteiger partial charge in [-0.1, -0.05) is 6.07 Å². The van der Waals surface area contributed by atoms with Crippen molar-refractivity contribution >= 4 is 34.7 Å². The fourth-order valence-corrected chi connectivity index (χ4v) is 3.07. The Morgan fingerprint density at radius 1 is 1.08 bits per heavy atom. The summed E-state index contributed by atoms with van der Waals surface area (Å²) < 4.78 is 5.03. The maximum Gasteiger partial charge on any atom is 0.298 e. The summed E-state index contributed by atoms with van der Waals surface area (Å²) in [6.07, 6.45) is 1.56. The van der Waals surface area contributed by atoms with Gasteiger partial charge in [-0.25, -0.2) is 4.90 Å². The number of anilines is 1. The highest BCUT2D eigenvalue weighted by molar-refractivity contribution is 8.19. The number of thioether (sulfide) groups is 1. The Morgan fingerprint density at radius 3 is 2.46 bits per heavy atom. The number of benzene rings is 2. The molecule has 0 aliphatic carbocycles. The van der Waals surface area contributed by atoms with Crippen LogP contribution in [-0.4, -0.2) is 28.5 Å². The minimum Gasteiger partial charge on any atom is -0.508 e. The summed E-state index contributed by atoms with van der Waals surface area (Å²) in [6, 6.07) is 10.5. The van der Waals surface area contributed by atoms with E-state index < -0.39 is 11.1 Å². The zero-order chi connectivity index (χ0) is 17.3. The maximum atomic E-state index is 12.5. The number of imide groups is 1. The first-order chi connectivity index (χ1) is 11.5. The Hall–Kier alpha value is -2.93. The molecule has 24 heavy (non-hydrogen) atoms. The highest BCUT2D eigenvalue weighted by Crippen LogP contribution is 2.37. The first-order valence-corrected chi connectivity index (χ1v) is 7.75. The standard InChI is InChI=1S/C17H13NO5S/c1-23-14-8-10(2-7-13(14)20)9-15-16(21)18(17(22)24-15)11-3-5-12(19)6-4-11/h2-9,19-20H,1H3/b15-9-. The van der Waals surface area contributed by atoms with E-state index in [0.29, 0.717) is 11.3 Å². The van der Waals surface area contributed by atoms with Gasteiger partial charge in [-0.15, -0.1) is 0 Å². The molecule has 7 heteroatoms. The van der Waals surface area contributed by atoms with E-state index in [1.165, 1.54) is 37.4 Å². The van der Waals surface area contributed by atoms with Gasteiger partial charge in [-0.05, 0) is 59.8 Å². The van der Waals surface area contributed by atoms with Gasteiger partial charge < -0.3 is 14.9 Å². The van der Waals surface area contributed by atoms with Gasteiger partial charge in [-0.3, -0.25) is 9.59 Å². The third-order valence-corrected chi connectivity index (χ3v) is 4.27. The van der Waals surface area contributed by atoms with E-state index in [1.807, 2.05) is 0 Å². The van der Waals surface area contributed by atoms with Crippen LogP contribution in [0.5, 0.6) is 17.2 Å². The molecule has 6 nitrogen and oxygen atoms in total. The van der Waals surface area contributed by atoms with Crippen LogP contribution >= 0.6 is 11.8 Å². The zero-order valence-corrected chi connectivity index (χ0v) is 13.4. The number of amides is 2. The van der Waals surface area contributed by atoms with Crippen molar-refractivity contribution in [3.05, 3.63) is 52.9 Å². The second kappa shape index (κ2) is 6.29. The summed E-state index contributed by atoms with van der Waals surface area (Å²) in [5.74, 6) is -0.117. The Balaban J connectivity index is 1.92. The molecule has 0 aromatic heterocycles. The van der Waals surface area contributed by atoms with Crippen molar-refractivity contribution in [3.8, 4) is 17.2 Å². The fraction of sp³-hybridized carbons (Fsp3) is 0.0588. The van der Waals surface area contributed by atoms with Crippen LogP contribution in [0.2, 0.25) is 0 Å². The van der Waals surface area contributed by atoms with Crippen molar-refractivity contribution < 1.29 is 24.5 Å². The molecule has 122 valence electrons. The predicted octanol–water partition coefficient (Wildman–Crippen LogP) is 3.35. The van der Waals surface area contributed by atoms with Crippen LogP contribution in [0.25, 0.3) is 6.08 Å². The van der Waals surface area contributed by atoms with Crippen molar-refractivity contribution in [2.24, 2.45) is 0 Å². The highest BCUT2D eigenvalue weighted by Gasteiger charge is 2.36. The van der Waals surface area contributed by atoms with Crippen LogP contribution in [0.15, 0.2) is 47.4 Å². The molecule has 2 amide bonds. The van der Waals surface area contributed by atoms with Crippen molar-refractivity contribution in [2.45, 2.75) is 0 Å². The number of aromatic hydroxyl groups is 2. The molecule has 0 unspecified atom stereocenters. The van der Waals surface area contributed by atoms with E-state index in [-0.39, 0.29) is 22.2 Å². The Kier molecular flexibility index (Phi) is 4.18. The smallest absolute Gasteiger partial charge is 0.298 e. The summed E-state index contributed by atoms with van der Waals surface area (Å²) in [6.45, 7) is 0. The number of carbonyl (C=O) groups is 2. The van der Waals surface area contributed by atoms with Crippen LogP contribution in [-0.2, 0) is 4.79 Å². The van der Waals surface area contributed by atoms with Crippen molar-refractivity contribution in [1.82, 2.24) is 0 Å². The molecular formula is C17H13NO5S. The lowest BCUT2D eigenvalue weighted by atomic mass is 10.2. The fourth-order valence-electron chi connectivity index (χ4n) is 2.23. The van der Waals surface area contributed by atoms with E-state index in [2.05, 4.69) is 0 Å². The molecule has 1 heterocycles. The molecule has 0 atom stereocenters. The molecule has 1 aliphatic rings. The van der Waals surface area contributed by atoms with Gasteiger partial charge in [0.1, 0.15) is 5.75 Å². The molecular weight excluding hydrogens is 330 g/mol. The van der Waals surface area contributed by atoms with Crippen LogP contribution in [0, 0.1) is 0 Å². The summed E-state index contributed by atoms with van der Waals surface area (Å²) in [4.78, 5) is 26.0. The lowest BCUT2D eigenvalue weighted by Crippen LogP contribution is -2.27.